The molecule has 3 nitrogen and oxygen atoms in total. The summed E-state index contributed by atoms with van der Waals surface area (Å²) in [6.07, 6.45) is 2.23. The molecule has 3 heteroatoms. The summed E-state index contributed by atoms with van der Waals surface area (Å²) in [7, 11) is 0. The topological polar surface area (TPSA) is 41.5 Å². The third-order valence-electron chi connectivity index (χ3n) is 4.14. The minimum absolute atomic E-state index is 0.416. The van der Waals surface area contributed by atoms with Crippen molar-refractivity contribution in [3.8, 4) is 0 Å². The maximum absolute atomic E-state index is 10.5. The molecule has 2 unspecified atom stereocenters. The number of benzene rings is 1. The van der Waals surface area contributed by atoms with Gasteiger partial charge < -0.3 is 15.2 Å². The van der Waals surface area contributed by atoms with Gasteiger partial charge in [-0.05, 0) is 38.2 Å². The second kappa shape index (κ2) is 6.51. The zero-order valence-electron chi connectivity index (χ0n) is 11.9. The Kier molecular flexibility index (Phi) is 4.97. The average molecular weight is 263 g/mol. The molecular weight excluding hydrogens is 238 g/mol. The van der Waals surface area contributed by atoms with E-state index in [-0.39, 0.29) is 0 Å². The van der Waals surface area contributed by atoms with Gasteiger partial charge in [0.25, 0.3) is 0 Å². The second-order valence-electron chi connectivity index (χ2n) is 5.76. The molecule has 19 heavy (non-hydrogen) atoms. The Morgan fingerprint density at radius 1 is 1.32 bits per heavy atom. The van der Waals surface area contributed by atoms with Crippen LogP contribution in [0.1, 0.15) is 32.3 Å². The van der Waals surface area contributed by atoms with Crippen molar-refractivity contribution in [2.45, 2.75) is 38.3 Å². The van der Waals surface area contributed by atoms with E-state index >= 15 is 0 Å². The first-order chi connectivity index (χ1) is 9.09. The van der Waals surface area contributed by atoms with Crippen LogP contribution >= 0.6 is 0 Å². The van der Waals surface area contributed by atoms with Gasteiger partial charge in [-0.25, -0.2) is 0 Å². The largest absolute Gasteiger partial charge is 0.384 e. The van der Waals surface area contributed by atoms with Gasteiger partial charge in [0.2, 0.25) is 0 Å². The van der Waals surface area contributed by atoms with Gasteiger partial charge in [-0.2, -0.15) is 0 Å². The van der Waals surface area contributed by atoms with Crippen LogP contribution in [0.4, 0.5) is 0 Å². The van der Waals surface area contributed by atoms with Crippen molar-refractivity contribution in [1.82, 2.24) is 5.32 Å². The fourth-order valence-electron chi connectivity index (χ4n) is 2.64. The average Bonchev–Trinajstić information content (AvgIpc) is 2.47. The number of nitrogens with one attached hydrogen (secondary N) is 1. The molecule has 0 bridgehead atoms. The van der Waals surface area contributed by atoms with Crippen molar-refractivity contribution in [1.29, 1.82) is 0 Å². The summed E-state index contributed by atoms with van der Waals surface area (Å²) in [5.41, 5.74) is 0.141. The molecule has 1 saturated heterocycles. The van der Waals surface area contributed by atoms with E-state index in [4.69, 9.17) is 4.74 Å². The fourth-order valence-corrected chi connectivity index (χ4v) is 2.64. The predicted molar refractivity (Wildman–Crippen MR) is 77.0 cm³/mol. The molecular formula is C16H25NO2. The van der Waals surface area contributed by atoms with E-state index in [0.717, 1.165) is 31.6 Å². The highest BCUT2D eigenvalue weighted by molar-refractivity contribution is 5.21. The van der Waals surface area contributed by atoms with Gasteiger partial charge in [0.15, 0.2) is 0 Å². The van der Waals surface area contributed by atoms with E-state index in [1.807, 2.05) is 37.3 Å². The Hall–Kier alpha value is -0.900. The number of hydrogen-bond acceptors (Lipinski definition) is 3. The number of hydrogen-bond donors (Lipinski definition) is 2. The van der Waals surface area contributed by atoms with Gasteiger partial charge in [0, 0.05) is 25.8 Å². The van der Waals surface area contributed by atoms with Crippen molar-refractivity contribution in [3.63, 3.8) is 0 Å². The molecule has 2 N–H and O–H groups in total. The molecule has 1 fully saturated rings. The highest BCUT2D eigenvalue weighted by atomic mass is 16.5. The zero-order valence-corrected chi connectivity index (χ0v) is 11.9. The smallest absolute Gasteiger partial charge is 0.0992 e. The lowest BCUT2D eigenvalue weighted by Gasteiger charge is -2.32. The summed E-state index contributed by atoms with van der Waals surface area (Å²) in [5.74, 6) is 0.653. The van der Waals surface area contributed by atoms with Crippen LogP contribution in [0, 0.1) is 5.92 Å². The third-order valence-corrected chi connectivity index (χ3v) is 4.14. The first-order valence-electron chi connectivity index (χ1n) is 7.18. The molecule has 0 aliphatic carbocycles. The summed E-state index contributed by atoms with van der Waals surface area (Å²) in [5, 5.41) is 14.0. The van der Waals surface area contributed by atoms with Crippen LogP contribution in [-0.4, -0.2) is 30.9 Å². The van der Waals surface area contributed by atoms with E-state index in [1.165, 1.54) is 0 Å². The third kappa shape index (κ3) is 4.03. The van der Waals surface area contributed by atoms with Crippen LogP contribution in [0.3, 0.4) is 0 Å². The van der Waals surface area contributed by atoms with Gasteiger partial charge in [-0.3, -0.25) is 0 Å². The van der Waals surface area contributed by atoms with Crippen LogP contribution in [-0.2, 0) is 10.3 Å². The lowest BCUT2D eigenvalue weighted by Crippen LogP contribution is -2.43. The molecule has 1 aromatic rings. The summed E-state index contributed by atoms with van der Waals surface area (Å²) in [4.78, 5) is 0. The molecule has 2 rings (SSSR count). The van der Waals surface area contributed by atoms with Crippen LogP contribution in [0.5, 0.6) is 0 Å². The van der Waals surface area contributed by atoms with Gasteiger partial charge in [-0.1, -0.05) is 30.3 Å². The molecule has 106 valence electrons. The van der Waals surface area contributed by atoms with Crippen molar-refractivity contribution in [2.24, 2.45) is 5.92 Å². The fraction of sp³-hybridized carbons (Fsp3) is 0.625. The maximum atomic E-state index is 10.5. The van der Waals surface area contributed by atoms with E-state index in [1.54, 1.807) is 0 Å². The maximum Gasteiger partial charge on any atom is 0.0992 e. The van der Waals surface area contributed by atoms with Crippen LogP contribution in [0.25, 0.3) is 0 Å². The Balaban J connectivity index is 1.86. The minimum atomic E-state index is -0.819. The van der Waals surface area contributed by atoms with Gasteiger partial charge in [-0.15, -0.1) is 0 Å². The highest BCUT2D eigenvalue weighted by Gasteiger charge is 2.26. The number of aliphatic hydroxyl groups is 1. The Morgan fingerprint density at radius 3 is 2.58 bits per heavy atom. The molecule has 1 aromatic carbocycles. The lowest BCUT2D eigenvalue weighted by atomic mass is 9.91. The van der Waals surface area contributed by atoms with E-state index in [9.17, 15) is 5.11 Å². The molecule has 0 radical (unpaired) electrons. The van der Waals surface area contributed by atoms with Crippen molar-refractivity contribution >= 4 is 0 Å². The summed E-state index contributed by atoms with van der Waals surface area (Å²) in [6.45, 7) is 6.39. The Bertz CT molecular complexity index is 372. The quantitative estimate of drug-likeness (QED) is 0.856. The molecule has 0 spiro atoms. The summed E-state index contributed by atoms with van der Waals surface area (Å²) >= 11 is 0. The van der Waals surface area contributed by atoms with Gasteiger partial charge in [0.1, 0.15) is 0 Å². The van der Waals surface area contributed by atoms with Crippen molar-refractivity contribution in [2.75, 3.05) is 19.8 Å². The number of ether oxygens (including phenoxy) is 1. The van der Waals surface area contributed by atoms with E-state index < -0.39 is 5.60 Å². The Labute approximate surface area is 116 Å². The molecule has 0 saturated carbocycles. The van der Waals surface area contributed by atoms with Crippen LogP contribution < -0.4 is 5.32 Å². The van der Waals surface area contributed by atoms with Gasteiger partial charge >= 0.3 is 0 Å². The van der Waals surface area contributed by atoms with Crippen LogP contribution in [0.15, 0.2) is 30.3 Å². The molecule has 2 atom stereocenters. The Morgan fingerprint density at radius 2 is 1.95 bits per heavy atom. The highest BCUT2D eigenvalue weighted by Crippen LogP contribution is 2.22. The standard InChI is InChI=1S/C16H25NO2/c1-13(14-8-10-19-11-9-14)17-12-16(2,18)15-6-4-3-5-7-15/h3-7,13-14,17-18H,8-12H2,1-2H3. The molecule has 1 aliphatic heterocycles. The first kappa shape index (κ1) is 14.5. The van der Waals surface area contributed by atoms with E-state index in [2.05, 4.69) is 12.2 Å². The number of rotatable bonds is 5. The molecule has 1 heterocycles. The first-order valence-corrected chi connectivity index (χ1v) is 7.18. The SMILES string of the molecule is CC(NCC(C)(O)c1ccccc1)C1CCOCC1. The predicted octanol–water partition coefficient (Wildman–Crippen LogP) is 2.30. The van der Waals surface area contributed by atoms with Crippen molar-refractivity contribution in [3.05, 3.63) is 35.9 Å². The molecule has 0 amide bonds. The molecule has 1 aliphatic rings. The minimum Gasteiger partial charge on any atom is -0.384 e. The monoisotopic (exact) mass is 263 g/mol. The van der Waals surface area contributed by atoms with Crippen molar-refractivity contribution < 1.29 is 9.84 Å². The summed E-state index contributed by atoms with van der Waals surface area (Å²) in [6, 6.07) is 10.3. The summed E-state index contributed by atoms with van der Waals surface area (Å²) < 4.78 is 5.39. The lowest BCUT2D eigenvalue weighted by molar-refractivity contribution is 0.0360. The zero-order chi connectivity index (χ0) is 13.7. The second-order valence-corrected chi connectivity index (χ2v) is 5.76. The van der Waals surface area contributed by atoms with E-state index in [0.29, 0.717) is 18.5 Å². The van der Waals surface area contributed by atoms with Gasteiger partial charge in [0.05, 0.1) is 5.60 Å². The molecule has 0 aromatic heterocycles. The normalized spacial score (nSPS) is 21.8. The van der Waals surface area contributed by atoms with Crippen LogP contribution in [0.2, 0.25) is 0 Å².